The number of ether oxygens (including phenoxy) is 1. The van der Waals surface area contributed by atoms with E-state index in [1.807, 2.05) is 30.3 Å². The number of carbonyl (C=O) groups excluding carboxylic acids is 1. The first kappa shape index (κ1) is 20.1. The molecule has 0 unspecified atom stereocenters. The molecule has 2 N–H and O–H groups in total. The fourth-order valence-electron chi connectivity index (χ4n) is 3.46. The number of aromatic nitrogens is 2. The maximum atomic E-state index is 12.9. The molecule has 0 bridgehead atoms. The van der Waals surface area contributed by atoms with Crippen molar-refractivity contribution in [2.75, 3.05) is 12.4 Å². The van der Waals surface area contributed by atoms with Crippen LogP contribution in [0, 0.1) is 0 Å². The molecule has 8 nitrogen and oxygen atoms in total. The van der Waals surface area contributed by atoms with Gasteiger partial charge in [-0.15, -0.1) is 0 Å². The molecule has 3 aromatic rings. The van der Waals surface area contributed by atoms with Gasteiger partial charge in [0.2, 0.25) is 5.91 Å². The molecule has 1 amide bonds. The predicted octanol–water partition coefficient (Wildman–Crippen LogP) is 2.93. The summed E-state index contributed by atoms with van der Waals surface area (Å²) >= 11 is 0. The lowest BCUT2D eigenvalue weighted by Gasteiger charge is -2.08. The Morgan fingerprint density at radius 2 is 1.94 bits per heavy atom. The van der Waals surface area contributed by atoms with Crippen molar-refractivity contribution in [3.05, 3.63) is 76.4 Å². The van der Waals surface area contributed by atoms with Crippen molar-refractivity contribution in [3.63, 3.8) is 0 Å². The first-order chi connectivity index (χ1) is 14.9. The topological polar surface area (TPSA) is 111 Å². The number of fused-ring (bicyclic) bond motifs is 2. The van der Waals surface area contributed by atoms with Crippen LogP contribution in [-0.2, 0) is 16.1 Å². The van der Waals surface area contributed by atoms with Crippen molar-refractivity contribution in [2.45, 2.75) is 13.0 Å². The normalized spacial score (nSPS) is 14.2. The molecule has 0 spiro atoms. The van der Waals surface area contributed by atoms with Gasteiger partial charge < -0.3 is 15.2 Å². The number of hydrogen-bond donors (Lipinski definition) is 2. The molecule has 0 radical (unpaired) electrons. The lowest BCUT2D eigenvalue weighted by atomic mass is 10.1. The van der Waals surface area contributed by atoms with E-state index in [0.717, 1.165) is 29.0 Å². The van der Waals surface area contributed by atoms with Gasteiger partial charge in [-0.3, -0.25) is 14.2 Å². The number of allylic oxidation sites excluding steroid dienone is 1. The van der Waals surface area contributed by atoms with E-state index < -0.39 is 11.9 Å². The van der Waals surface area contributed by atoms with E-state index >= 15 is 0 Å². The number of nitrogens with one attached hydrogen (secondary N) is 1. The number of methoxy groups -OCH3 is 1. The first-order valence-corrected chi connectivity index (χ1v) is 9.56. The van der Waals surface area contributed by atoms with Crippen LogP contribution in [0.25, 0.3) is 22.6 Å². The highest BCUT2D eigenvalue weighted by molar-refractivity contribution is 6.03. The van der Waals surface area contributed by atoms with Crippen molar-refractivity contribution >= 4 is 40.1 Å². The molecule has 0 aliphatic carbocycles. The third kappa shape index (κ3) is 4.23. The highest BCUT2D eigenvalue weighted by atomic mass is 16.5. The molecule has 8 heteroatoms. The van der Waals surface area contributed by atoms with Gasteiger partial charge in [0, 0.05) is 24.4 Å². The van der Waals surface area contributed by atoms with Crippen LogP contribution < -0.4 is 15.6 Å². The molecule has 0 saturated carbocycles. The summed E-state index contributed by atoms with van der Waals surface area (Å²) in [6.45, 7) is 0.553. The van der Waals surface area contributed by atoms with Gasteiger partial charge in [0.25, 0.3) is 5.56 Å². The molecular formula is C23H19N3O5. The van der Waals surface area contributed by atoms with Gasteiger partial charge in [-0.05, 0) is 54.0 Å². The molecule has 4 rings (SSSR count). The van der Waals surface area contributed by atoms with Crippen molar-refractivity contribution < 1.29 is 19.4 Å². The number of carbonyl (C=O) groups is 2. The van der Waals surface area contributed by atoms with Crippen molar-refractivity contribution in [1.82, 2.24) is 9.55 Å². The molecule has 1 aliphatic rings. The maximum absolute atomic E-state index is 12.9. The smallest absolute Gasteiger partial charge is 0.328 e. The number of benzene rings is 2. The summed E-state index contributed by atoms with van der Waals surface area (Å²) in [5.74, 6) is -0.431. The Hall–Kier alpha value is -4.20. The summed E-state index contributed by atoms with van der Waals surface area (Å²) in [5, 5.41) is 11.6. The zero-order valence-electron chi connectivity index (χ0n) is 16.7. The Morgan fingerprint density at radius 1 is 1.16 bits per heavy atom. The van der Waals surface area contributed by atoms with Crippen LogP contribution in [0.2, 0.25) is 0 Å². The SMILES string of the molecule is COc1ccc(C=C2CCn3c2nc2cc(NC(=O)/C=C\C(=O)O)ccc2c3=O)cc1. The second-order valence-corrected chi connectivity index (χ2v) is 6.98. The summed E-state index contributed by atoms with van der Waals surface area (Å²) < 4.78 is 6.84. The summed E-state index contributed by atoms with van der Waals surface area (Å²) in [4.78, 5) is 40.0. The lowest BCUT2D eigenvalue weighted by molar-refractivity contribution is -0.131. The number of hydrogen-bond acceptors (Lipinski definition) is 5. The van der Waals surface area contributed by atoms with Crippen LogP contribution in [0.5, 0.6) is 5.75 Å². The van der Waals surface area contributed by atoms with Crippen LogP contribution in [-0.4, -0.2) is 33.6 Å². The first-order valence-electron chi connectivity index (χ1n) is 9.56. The quantitative estimate of drug-likeness (QED) is 0.618. The fraction of sp³-hybridized carbons (Fsp3) is 0.130. The van der Waals surface area contributed by atoms with Gasteiger partial charge in [0.15, 0.2) is 0 Å². The number of nitrogens with zero attached hydrogens (tertiary/aromatic N) is 2. The van der Waals surface area contributed by atoms with Crippen LogP contribution >= 0.6 is 0 Å². The minimum atomic E-state index is -1.21. The molecule has 2 heterocycles. The predicted molar refractivity (Wildman–Crippen MR) is 117 cm³/mol. The Bertz CT molecular complexity index is 1300. The summed E-state index contributed by atoms with van der Waals surface area (Å²) in [6, 6.07) is 12.4. The average molecular weight is 417 g/mol. The van der Waals surface area contributed by atoms with E-state index in [1.54, 1.807) is 29.9 Å². The van der Waals surface area contributed by atoms with Gasteiger partial charge in [0.1, 0.15) is 11.6 Å². The number of carboxylic acids is 1. The molecule has 0 saturated heterocycles. The third-order valence-electron chi connectivity index (χ3n) is 4.95. The monoisotopic (exact) mass is 417 g/mol. The number of anilines is 1. The Morgan fingerprint density at radius 3 is 2.65 bits per heavy atom. The summed E-state index contributed by atoms with van der Waals surface area (Å²) in [6.07, 6.45) is 4.37. The minimum absolute atomic E-state index is 0.137. The van der Waals surface area contributed by atoms with Crippen LogP contribution in [0.3, 0.4) is 0 Å². The van der Waals surface area contributed by atoms with Crippen LogP contribution in [0.15, 0.2) is 59.4 Å². The van der Waals surface area contributed by atoms with E-state index in [-0.39, 0.29) is 5.56 Å². The van der Waals surface area contributed by atoms with Crippen molar-refractivity contribution in [3.8, 4) is 5.75 Å². The largest absolute Gasteiger partial charge is 0.497 e. The van der Waals surface area contributed by atoms with E-state index in [2.05, 4.69) is 10.3 Å². The van der Waals surface area contributed by atoms with Gasteiger partial charge in [-0.1, -0.05) is 12.1 Å². The van der Waals surface area contributed by atoms with Gasteiger partial charge in [0.05, 0.1) is 18.0 Å². The van der Waals surface area contributed by atoms with Crippen LogP contribution in [0.1, 0.15) is 17.8 Å². The molecule has 156 valence electrons. The number of amides is 1. The molecule has 1 aliphatic heterocycles. The number of carboxylic acid groups (broad SMARTS) is 1. The minimum Gasteiger partial charge on any atom is -0.497 e. The number of aliphatic carboxylic acids is 1. The summed E-state index contributed by atoms with van der Waals surface area (Å²) in [7, 11) is 1.61. The van der Waals surface area contributed by atoms with Gasteiger partial charge >= 0.3 is 5.97 Å². The summed E-state index contributed by atoms with van der Waals surface area (Å²) in [5.41, 5.74) is 2.66. The number of rotatable bonds is 5. The highest BCUT2D eigenvalue weighted by Gasteiger charge is 2.21. The molecule has 2 aromatic carbocycles. The maximum Gasteiger partial charge on any atom is 0.328 e. The molecule has 0 fully saturated rings. The zero-order valence-corrected chi connectivity index (χ0v) is 16.7. The Balaban J connectivity index is 1.69. The van der Waals surface area contributed by atoms with E-state index in [1.165, 1.54) is 0 Å². The lowest BCUT2D eigenvalue weighted by Crippen LogP contribution is -2.21. The Kier molecular flexibility index (Phi) is 5.36. The van der Waals surface area contributed by atoms with Gasteiger partial charge in [-0.2, -0.15) is 0 Å². The highest BCUT2D eigenvalue weighted by Crippen LogP contribution is 2.28. The molecule has 31 heavy (non-hydrogen) atoms. The van der Waals surface area contributed by atoms with E-state index in [0.29, 0.717) is 35.4 Å². The van der Waals surface area contributed by atoms with Crippen LogP contribution in [0.4, 0.5) is 5.69 Å². The zero-order chi connectivity index (χ0) is 22.0. The average Bonchev–Trinajstić information content (AvgIpc) is 3.15. The van der Waals surface area contributed by atoms with E-state index in [4.69, 9.17) is 9.84 Å². The second kappa shape index (κ2) is 8.27. The Labute approximate surface area is 177 Å². The third-order valence-corrected chi connectivity index (χ3v) is 4.95. The second-order valence-electron chi connectivity index (χ2n) is 6.98. The van der Waals surface area contributed by atoms with Crippen molar-refractivity contribution in [1.29, 1.82) is 0 Å². The van der Waals surface area contributed by atoms with E-state index in [9.17, 15) is 14.4 Å². The molecule has 1 aromatic heterocycles. The standard InChI is InChI=1S/C23H19N3O5/c1-31-17-5-2-14(3-6-17)12-15-10-11-26-22(15)25-19-13-16(4-7-18(19)23(26)30)24-20(27)8-9-21(28)29/h2-9,12-13H,10-11H2,1H3,(H,24,27)(H,28,29)/b9-8-,15-12?. The fourth-order valence-corrected chi connectivity index (χ4v) is 3.46. The van der Waals surface area contributed by atoms with Crippen molar-refractivity contribution in [2.24, 2.45) is 0 Å². The molecule has 0 atom stereocenters. The van der Waals surface area contributed by atoms with Gasteiger partial charge in [-0.25, -0.2) is 9.78 Å². The molecular weight excluding hydrogens is 398 g/mol.